The highest BCUT2D eigenvalue weighted by Gasteiger charge is 2.22. The van der Waals surface area contributed by atoms with Crippen molar-refractivity contribution < 1.29 is 9.59 Å². The fraction of sp³-hybridized carbons (Fsp3) is 0.312. The predicted molar refractivity (Wildman–Crippen MR) is 96.4 cm³/mol. The second-order valence-corrected chi connectivity index (χ2v) is 6.53. The number of aromatic nitrogens is 2. The number of H-pyrrole nitrogens is 1. The van der Waals surface area contributed by atoms with E-state index in [1.165, 1.54) is 6.20 Å². The first kappa shape index (κ1) is 17.7. The van der Waals surface area contributed by atoms with Crippen LogP contribution in [0.15, 0.2) is 24.4 Å². The molecule has 1 aromatic carbocycles. The zero-order valence-corrected chi connectivity index (χ0v) is 14.7. The first-order chi connectivity index (χ1) is 12.1. The minimum Gasteiger partial charge on any atom is -0.347 e. The Morgan fingerprint density at radius 2 is 1.96 bits per heavy atom. The second kappa shape index (κ2) is 7.86. The maximum atomic E-state index is 12.5. The van der Waals surface area contributed by atoms with Gasteiger partial charge in [0.1, 0.15) is 0 Å². The van der Waals surface area contributed by atoms with Crippen LogP contribution in [0, 0.1) is 0 Å². The van der Waals surface area contributed by atoms with E-state index in [-0.39, 0.29) is 38.9 Å². The maximum absolute atomic E-state index is 12.5. The summed E-state index contributed by atoms with van der Waals surface area (Å²) in [5.74, 6) is -0.860. The molecule has 0 saturated carbocycles. The van der Waals surface area contributed by atoms with E-state index in [4.69, 9.17) is 23.2 Å². The smallest absolute Gasteiger partial charge is 0.274 e. The van der Waals surface area contributed by atoms with Crippen LogP contribution in [0.5, 0.6) is 0 Å². The molecule has 1 aliphatic rings. The molecule has 4 N–H and O–H groups in total. The molecule has 3 rings (SSSR count). The Labute approximate surface area is 154 Å². The topological polar surface area (TPSA) is 98.9 Å². The third kappa shape index (κ3) is 4.12. The summed E-state index contributed by atoms with van der Waals surface area (Å²) in [6, 6.07) is 4.83. The van der Waals surface area contributed by atoms with Gasteiger partial charge >= 0.3 is 0 Å². The molecule has 7 nitrogen and oxygen atoms in total. The van der Waals surface area contributed by atoms with Gasteiger partial charge in [-0.1, -0.05) is 29.3 Å². The van der Waals surface area contributed by atoms with Crippen molar-refractivity contribution in [3.8, 4) is 0 Å². The van der Waals surface area contributed by atoms with Crippen molar-refractivity contribution in [3.05, 3.63) is 45.7 Å². The van der Waals surface area contributed by atoms with Crippen LogP contribution in [0.3, 0.4) is 0 Å². The Balaban J connectivity index is 1.73. The summed E-state index contributed by atoms with van der Waals surface area (Å²) in [6.45, 7) is 1.67. The lowest BCUT2D eigenvalue weighted by molar-refractivity contribution is 0.0926. The first-order valence-corrected chi connectivity index (χ1v) is 8.62. The highest BCUT2D eigenvalue weighted by Crippen LogP contribution is 2.25. The minimum atomic E-state index is -0.509. The fourth-order valence-electron chi connectivity index (χ4n) is 2.69. The summed E-state index contributed by atoms with van der Waals surface area (Å²) >= 11 is 12.1. The van der Waals surface area contributed by atoms with E-state index < -0.39 is 5.91 Å². The van der Waals surface area contributed by atoms with E-state index in [0.29, 0.717) is 6.54 Å². The number of nitrogens with one attached hydrogen (secondary N) is 4. The van der Waals surface area contributed by atoms with Crippen molar-refractivity contribution in [2.45, 2.75) is 18.9 Å². The SMILES string of the molecule is O=C(N[C@H]1CCCNC1)c1n[nH]cc1NC(=O)c1c(Cl)cccc1Cl. The highest BCUT2D eigenvalue weighted by atomic mass is 35.5. The van der Waals surface area contributed by atoms with Crippen molar-refractivity contribution in [1.29, 1.82) is 0 Å². The van der Waals surface area contributed by atoms with Crippen LogP contribution in [-0.4, -0.2) is 41.1 Å². The van der Waals surface area contributed by atoms with Gasteiger partial charge in [-0.2, -0.15) is 5.10 Å². The quantitative estimate of drug-likeness (QED) is 0.653. The van der Waals surface area contributed by atoms with Crippen molar-refractivity contribution in [2.24, 2.45) is 0 Å². The van der Waals surface area contributed by atoms with Crippen molar-refractivity contribution >= 4 is 40.7 Å². The van der Waals surface area contributed by atoms with Gasteiger partial charge in [0.15, 0.2) is 5.69 Å². The Morgan fingerprint density at radius 1 is 1.20 bits per heavy atom. The molecule has 0 unspecified atom stereocenters. The van der Waals surface area contributed by atoms with Gasteiger partial charge in [0, 0.05) is 18.8 Å². The van der Waals surface area contributed by atoms with Crippen LogP contribution < -0.4 is 16.0 Å². The molecular formula is C16H17Cl2N5O2. The molecular weight excluding hydrogens is 365 g/mol. The molecule has 1 saturated heterocycles. The molecule has 2 amide bonds. The predicted octanol–water partition coefficient (Wildman–Crippen LogP) is 2.45. The number of amides is 2. The van der Waals surface area contributed by atoms with Gasteiger partial charge in [0.25, 0.3) is 11.8 Å². The number of hydrogen-bond donors (Lipinski definition) is 4. The molecule has 0 aliphatic carbocycles. The van der Waals surface area contributed by atoms with Crippen LogP contribution in [0.4, 0.5) is 5.69 Å². The summed E-state index contributed by atoms with van der Waals surface area (Å²) < 4.78 is 0. The highest BCUT2D eigenvalue weighted by molar-refractivity contribution is 6.40. The molecule has 2 heterocycles. The summed E-state index contributed by atoms with van der Waals surface area (Å²) in [6.07, 6.45) is 3.34. The maximum Gasteiger partial charge on any atom is 0.274 e. The van der Waals surface area contributed by atoms with E-state index in [9.17, 15) is 9.59 Å². The average Bonchev–Trinajstić information content (AvgIpc) is 3.04. The minimum absolute atomic E-state index is 0.0412. The Morgan fingerprint density at radius 3 is 2.64 bits per heavy atom. The lowest BCUT2D eigenvalue weighted by Gasteiger charge is -2.23. The number of carbonyl (C=O) groups excluding carboxylic acids is 2. The average molecular weight is 382 g/mol. The van der Waals surface area contributed by atoms with Gasteiger partial charge in [-0.25, -0.2) is 0 Å². The van der Waals surface area contributed by atoms with Crippen LogP contribution in [-0.2, 0) is 0 Å². The Kier molecular flexibility index (Phi) is 5.57. The Bertz CT molecular complexity index is 766. The fourth-order valence-corrected chi connectivity index (χ4v) is 3.26. The first-order valence-electron chi connectivity index (χ1n) is 7.87. The van der Waals surface area contributed by atoms with Crippen LogP contribution in [0.2, 0.25) is 10.0 Å². The Hall–Kier alpha value is -2.09. The molecule has 25 heavy (non-hydrogen) atoms. The standard InChI is InChI=1S/C16H17Cl2N5O2/c17-10-4-1-5-11(18)13(10)15(24)22-12-8-20-23-14(12)16(25)21-9-3-2-6-19-7-9/h1,4-5,8-9,19H,2-3,6-7H2,(H,20,23)(H,21,25)(H,22,24)/t9-/m0/s1. The van der Waals surface area contributed by atoms with Crippen molar-refractivity contribution in [1.82, 2.24) is 20.8 Å². The molecule has 2 aromatic rings. The normalized spacial score (nSPS) is 17.1. The summed E-state index contributed by atoms with van der Waals surface area (Å²) in [7, 11) is 0. The van der Waals surface area contributed by atoms with Crippen LogP contribution >= 0.6 is 23.2 Å². The van der Waals surface area contributed by atoms with Gasteiger partial charge in [-0.05, 0) is 31.5 Å². The van der Waals surface area contributed by atoms with Gasteiger partial charge in [0.05, 0.1) is 21.3 Å². The lowest BCUT2D eigenvalue weighted by atomic mass is 10.1. The van der Waals surface area contributed by atoms with E-state index in [1.54, 1.807) is 18.2 Å². The van der Waals surface area contributed by atoms with Crippen molar-refractivity contribution in [2.75, 3.05) is 18.4 Å². The number of aromatic amines is 1. The van der Waals surface area contributed by atoms with Gasteiger partial charge in [-0.3, -0.25) is 14.7 Å². The van der Waals surface area contributed by atoms with Crippen LogP contribution in [0.25, 0.3) is 0 Å². The van der Waals surface area contributed by atoms with E-state index >= 15 is 0 Å². The number of anilines is 1. The number of hydrogen-bond acceptors (Lipinski definition) is 4. The second-order valence-electron chi connectivity index (χ2n) is 5.72. The summed E-state index contributed by atoms with van der Waals surface area (Å²) in [4.78, 5) is 24.9. The van der Waals surface area contributed by atoms with E-state index in [2.05, 4.69) is 26.1 Å². The van der Waals surface area contributed by atoms with Crippen LogP contribution in [0.1, 0.15) is 33.7 Å². The number of benzene rings is 1. The number of carbonyl (C=O) groups is 2. The summed E-state index contributed by atoms with van der Waals surface area (Å²) in [5, 5.41) is 15.8. The number of rotatable bonds is 4. The molecule has 9 heteroatoms. The molecule has 0 radical (unpaired) electrons. The van der Waals surface area contributed by atoms with Crippen molar-refractivity contribution in [3.63, 3.8) is 0 Å². The molecule has 132 valence electrons. The monoisotopic (exact) mass is 381 g/mol. The van der Waals surface area contributed by atoms with E-state index in [0.717, 1.165) is 19.4 Å². The third-order valence-electron chi connectivity index (χ3n) is 3.93. The molecule has 1 aliphatic heterocycles. The van der Waals surface area contributed by atoms with Gasteiger partial charge in [0.2, 0.25) is 0 Å². The number of halogens is 2. The molecule has 0 spiro atoms. The molecule has 1 fully saturated rings. The third-order valence-corrected chi connectivity index (χ3v) is 4.56. The van der Waals surface area contributed by atoms with E-state index in [1.807, 2.05) is 0 Å². The number of nitrogens with zero attached hydrogens (tertiary/aromatic N) is 1. The molecule has 1 atom stereocenters. The zero-order chi connectivity index (χ0) is 17.8. The zero-order valence-electron chi connectivity index (χ0n) is 13.2. The lowest BCUT2D eigenvalue weighted by Crippen LogP contribution is -2.45. The van der Waals surface area contributed by atoms with Gasteiger partial charge in [-0.15, -0.1) is 0 Å². The number of piperidine rings is 1. The largest absolute Gasteiger partial charge is 0.347 e. The van der Waals surface area contributed by atoms with Gasteiger partial charge < -0.3 is 16.0 Å². The summed E-state index contributed by atoms with van der Waals surface area (Å²) in [5.41, 5.74) is 0.527. The molecule has 0 bridgehead atoms. The molecule has 1 aromatic heterocycles.